The van der Waals surface area contributed by atoms with Crippen LogP contribution in [0.1, 0.15) is 5.56 Å². The molecule has 1 N–H and O–H groups in total. The summed E-state index contributed by atoms with van der Waals surface area (Å²) in [4.78, 5) is 14.2. The zero-order valence-electron chi connectivity index (χ0n) is 14.3. The standard InChI is InChI=1S/C18H26N2O4/c1-3-4-15-5-6-16(17(13-15)22-2)24-14-18(21)19-7-8-20-9-11-23-12-10-20/h3,5-6,13H,1,4,7-12,14H2,2H3,(H,19,21). The number of methoxy groups -OCH3 is 1. The first-order chi connectivity index (χ1) is 11.7. The van der Waals surface area contributed by atoms with Gasteiger partial charge in [-0.2, -0.15) is 0 Å². The van der Waals surface area contributed by atoms with E-state index >= 15 is 0 Å². The van der Waals surface area contributed by atoms with Crippen LogP contribution in [0.2, 0.25) is 0 Å². The third-order valence-electron chi connectivity index (χ3n) is 3.82. The zero-order chi connectivity index (χ0) is 17.2. The van der Waals surface area contributed by atoms with Crippen LogP contribution in [0.15, 0.2) is 30.9 Å². The Balaban J connectivity index is 1.73. The molecule has 132 valence electrons. The van der Waals surface area contributed by atoms with Crippen molar-refractivity contribution >= 4 is 5.91 Å². The molecule has 0 bridgehead atoms. The van der Waals surface area contributed by atoms with Gasteiger partial charge in [-0.1, -0.05) is 12.1 Å². The highest BCUT2D eigenvalue weighted by Crippen LogP contribution is 2.28. The largest absolute Gasteiger partial charge is 0.493 e. The number of carbonyl (C=O) groups is 1. The van der Waals surface area contributed by atoms with Crippen molar-refractivity contribution in [3.63, 3.8) is 0 Å². The lowest BCUT2D eigenvalue weighted by Crippen LogP contribution is -2.42. The van der Waals surface area contributed by atoms with Gasteiger partial charge in [0.2, 0.25) is 0 Å². The van der Waals surface area contributed by atoms with Crippen LogP contribution >= 0.6 is 0 Å². The number of hydrogen-bond acceptors (Lipinski definition) is 5. The highest BCUT2D eigenvalue weighted by Gasteiger charge is 2.11. The van der Waals surface area contributed by atoms with Crippen molar-refractivity contribution < 1.29 is 19.0 Å². The van der Waals surface area contributed by atoms with Gasteiger partial charge in [0.15, 0.2) is 18.1 Å². The van der Waals surface area contributed by atoms with Crippen molar-refractivity contribution in [3.05, 3.63) is 36.4 Å². The van der Waals surface area contributed by atoms with Crippen molar-refractivity contribution in [1.82, 2.24) is 10.2 Å². The monoisotopic (exact) mass is 334 g/mol. The molecule has 0 aromatic heterocycles. The van der Waals surface area contributed by atoms with E-state index in [0.29, 0.717) is 18.0 Å². The molecule has 1 heterocycles. The summed E-state index contributed by atoms with van der Waals surface area (Å²) in [7, 11) is 1.59. The fraction of sp³-hybridized carbons (Fsp3) is 0.500. The molecule has 6 nitrogen and oxygen atoms in total. The van der Waals surface area contributed by atoms with Gasteiger partial charge in [-0.25, -0.2) is 0 Å². The Morgan fingerprint density at radius 1 is 1.38 bits per heavy atom. The van der Waals surface area contributed by atoms with Gasteiger partial charge in [-0.3, -0.25) is 9.69 Å². The van der Waals surface area contributed by atoms with Crippen molar-refractivity contribution in [2.24, 2.45) is 0 Å². The smallest absolute Gasteiger partial charge is 0.257 e. The minimum atomic E-state index is -0.138. The summed E-state index contributed by atoms with van der Waals surface area (Å²) in [5.74, 6) is 1.05. The Labute approximate surface area is 143 Å². The molecule has 1 aromatic rings. The quantitative estimate of drug-likeness (QED) is 0.689. The van der Waals surface area contributed by atoms with Crippen LogP contribution in [0.25, 0.3) is 0 Å². The number of ether oxygens (including phenoxy) is 3. The maximum atomic E-state index is 11.9. The van der Waals surface area contributed by atoms with Crippen LogP contribution in [0, 0.1) is 0 Å². The number of carbonyl (C=O) groups excluding carboxylic acids is 1. The second-order valence-corrected chi connectivity index (χ2v) is 5.57. The molecule has 1 amide bonds. The molecule has 1 saturated heterocycles. The second-order valence-electron chi connectivity index (χ2n) is 5.57. The van der Waals surface area contributed by atoms with Crippen LogP contribution < -0.4 is 14.8 Å². The van der Waals surface area contributed by atoms with Gasteiger partial charge in [0, 0.05) is 26.2 Å². The Kier molecular flexibility index (Phi) is 7.58. The molecule has 1 aromatic carbocycles. The van der Waals surface area contributed by atoms with Gasteiger partial charge in [0.25, 0.3) is 5.91 Å². The van der Waals surface area contributed by atoms with Crippen LogP contribution in [0.4, 0.5) is 0 Å². The Morgan fingerprint density at radius 2 is 2.17 bits per heavy atom. The lowest BCUT2D eigenvalue weighted by atomic mass is 10.1. The van der Waals surface area contributed by atoms with E-state index in [1.54, 1.807) is 7.11 Å². The summed E-state index contributed by atoms with van der Waals surface area (Å²) >= 11 is 0. The van der Waals surface area contributed by atoms with E-state index in [0.717, 1.165) is 44.8 Å². The number of morpholine rings is 1. The van der Waals surface area contributed by atoms with E-state index in [9.17, 15) is 4.79 Å². The van der Waals surface area contributed by atoms with Crippen molar-refractivity contribution in [3.8, 4) is 11.5 Å². The lowest BCUT2D eigenvalue weighted by Gasteiger charge is -2.26. The van der Waals surface area contributed by atoms with Gasteiger partial charge in [0.05, 0.1) is 20.3 Å². The van der Waals surface area contributed by atoms with Crippen LogP contribution in [-0.4, -0.2) is 63.9 Å². The summed E-state index contributed by atoms with van der Waals surface area (Å²) in [6.45, 7) is 8.49. The highest BCUT2D eigenvalue weighted by molar-refractivity contribution is 5.77. The molecular weight excluding hydrogens is 308 g/mol. The molecule has 2 rings (SSSR count). The van der Waals surface area contributed by atoms with Crippen molar-refractivity contribution in [2.75, 3.05) is 53.1 Å². The van der Waals surface area contributed by atoms with E-state index in [4.69, 9.17) is 14.2 Å². The highest BCUT2D eigenvalue weighted by atomic mass is 16.5. The summed E-state index contributed by atoms with van der Waals surface area (Å²) in [5, 5.41) is 2.87. The normalized spacial score (nSPS) is 14.9. The Morgan fingerprint density at radius 3 is 2.88 bits per heavy atom. The Bertz CT molecular complexity index is 542. The van der Waals surface area contributed by atoms with Crippen LogP contribution in [0.5, 0.6) is 11.5 Å². The average Bonchev–Trinajstić information content (AvgIpc) is 2.61. The van der Waals surface area contributed by atoms with Crippen LogP contribution in [0.3, 0.4) is 0 Å². The first kappa shape index (κ1) is 18.3. The van der Waals surface area contributed by atoms with Crippen molar-refractivity contribution in [1.29, 1.82) is 0 Å². The fourth-order valence-corrected chi connectivity index (χ4v) is 2.50. The number of nitrogens with one attached hydrogen (secondary N) is 1. The second kappa shape index (κ2) is 9.95. The van der Waals surface area contributed by atoms with Crippen LogP contribution in [-0.2, 0) is 16.0 Å². The molecule has 0 unspecified atom stereocenters. The fourth-order valence-electron chi connectivity index (χ4n) is 2.50. The molecule has 24 heavy (non-hydrogen) atoms. The number of amides is 1. The van der Waals surface area contributed by atoms with Gasteiger partial charge in [-0.15, -0.1) is 6.58 Å². The minimum Gasteiger partial charge on any atom is -0.493 e. The molecule has 0 saturated carbocycles. The predicted molar refractivity (Wildman–Crippen MR) is 92.7 cm³/mol. The summed E-state index contributed by atoms with van der Waals surface area (Å²) < 4.78 is 16.2. The summed E-state index contributed by atoms with van der Waals surface area (Å²) in [6.07, 6.45) is 2.59. The SMILES string of the molecule is C=CCc1ccc(OCC(=O)NCCN2CCOCC2)c(OC)c1. The third kappa shape index (κ3) is 5.86. The molecule has 0 atom stereocenters. The lowest BCUT2D eigenvalue weighted by molar-refractivity contribution is -0.123. The third-order valence-corrected chi connectivity index (χ3v) is 3.82. The van der Waals surface area contributed by atoms with Gasteiger partial charge >= 0.3 is 0 Å². The van der Waals surface area contributed by atoms with E-state index in [1.807, 2.05) is 24.3 Å². The zero-order valence-corrected chi connectivity index (χ0v) is 14.3. The van der Waals surface area contributed by atoms with E-state index in [-0.39, 0.29) is 12.5 Å². The molecule has 1 fully saturated rings. The number of benzene rings is 1. The molecule has 6 heteroatoms. The first-order valence-electron chi connectivity index (χ1n) is 8.20. The summed E-state index contributed by atoms with van der Waals surface area (Å²) in [6, 6.07) is 5.65. The average molecular weight is 334 g/mol. The number of allylic oxidation sites excluding steroid dienone is 1. The molecule has 0 aliphatic carbocycles. The summed E-state index contributed by atoms with van der Waals surface area (Å²) in [5.41, 5.74) is 1.09. The molecule has 0 spiro atoms. The maximum absolute atomic E-state index is 11.9. The number of rotatable bonds is 9. The van der Waals surface area contributed by atoms with Gasteiger partial charge in [0.1, 0.15) is 0 Å². The molecule has 1 aliphatic heterocycles. The van der Waals surface area contributed by atoms with Gasteiger partial charge < -0.3 is 19.5 Å². The first-order valence-corrected chi connectivity index (χ1v) is 8.20. The maximum Gasteiger partial charge on any atom is 0.257 e. The minimum absolute atomic E-state index is 0.0275. The van der Waals surface area contributed by atoms with E-state index < -0.39 is 0 Å². The predicted octanol–water partition coefficient (Wildman–Crippen LogP) is 1.25. The van der Waals surface area contributed by atoms with Gasteiger partial charge in [-0.05, 0) is 24.1 Å². The topological polar surface area (TPSA) is 60.0 Å². The van der Waals surface area contributed by atoms with E-state index in [2.05, 4.69) is 16.8 Å². The number of hydrogen-bond donors (Lipinski definition) is 1. The Hall–Kier alpha value is -2.05. The molecule has 0 radical (unpaired) electrons. The van der Waals surface area contributed by atoms with E-state index in [1.165, 1.54) is 0 Å². The van der Waals surface area contributed by atoms with Crippen molar-refractivity contribution in [2.45, 2.75) is 6.42 Å². The molecule has 1 aliphatic rings. The molecular formula is C18H26N2O4. The number of nitrogens with zero attached hydrogens (tertiary/aromatic N) is 1.